The van der Waals surface area contributed by atoms with E-state index in [-0.39, 0.29) is 5.56 Å². The summed E-state index contributed by atoms with van der Waals surface area (Å²) in [6.45, 7) is 2.97. The molecule has 2 aliphatic heterocycles. The number of nitrogens with one attached hydrogen (secondary N) is 1. The molecule has 9 heteroatoms. The van der Waals surface area contributed by atoms with Crippen LogP contribution in [0.3, 0.4) is 0 Å². The van der Waals surface area contributed by atoms with E-state index in [9.17, 15) is 4.79 Å². The van der Waals surface area contributed by atoms with E-state index in [2.05, 4.69) is 19.9 Å². The van der Waals surface area contributed by atoms with Gasteiger partial charge in [-0.05, 0) is 43.5 Å². The van der Waals surface area contributed by atoms with Crippen LogP contribution < -0.4 is 15.0 Å². The standard InChI is InChI=1S/C23H25N5O3S/c1-30-15-5-7-16(8-6-15)31-23-25-12-17(32-23)13-28-11-9-19-18(14-28)22(29)27-21(26-19)20-4-2-3-10-24-20/h5-8,12H,2-4,9-11,13-14H2,1H3,(H,26,27,29). The lowest BCUT2D eigenvalue weighted by atomic mass is 10.1. The molecular formula is C23H25N5O3S. The van der Waals surface area contributed by atoms with Crippen LogP contribution in [-0.2, 0) is 19.5 Å². The largest absolute Gasteiger partial charge is 0.497 e. The summed E-state index contributed by atoms with van der Waals surface area (Å²) in [5.74, 6) is 2.16. The van der Waals surface area contributed by atoms with Crippen molar-refractivity contribution < 1.29 is 9.47 Å². The normalized spacial score (nSPS) is 16.3. The maximum absolute atomic E-state index is 12.8. The quantitative estimate of drug-likeness (QED) is 0.616. The molecule has 166 valence electrons. The van der Waals surface area contributed by atoms with Gasteiger partial charge in [-0.3, -0.25) is 14.7 Å². The summed E-state index contributed by atoms with van der Waals surface area (Å²) in [7, 11) is 1.64. The topological polar surface area (TPSA) is 92.7 Å². The van der Waals surface area contributed by atoms with Crippen LogP contribution in [0.2, 0.25) is 0 Å². The molecule has 0 aliphatic carbocycles. The van der Waals surface area contributed by atoms with Crippen molar-refractivity contribution in [2.75, 3.05) is 20.2 Å². The molecular weight excluding hydrogens is 426 g/mol. The molecule has 0 amide bonds. The fourth-order valence-electron chi connectivity index (χ4n) is 4.02. The molecule has 2 aromatic heterocycles. The minimum absolute atomic E-state index is 0.0455. The SMILES string of the molecule is COc1ccc(Oc2ncc(CN3CCc4nc(C5=NCCCC5)[nH]c(=O)c4C3)s2)cc1. The fraction of sp³-hybridized carbons (Fsp3) is 0.391. The van der Waals surface area contributed by atoms with Gasteiger partial charge in [-0.15, -0.1) is 0 Å². The van der Waals surface area contributed by atoms with Gasteiger partial charge in [-0.1, -0.05) is 11.3 Å². The van der Waals surface area contributed by atoms with Crippen molar-refractivity contribution in [2.45, 2.75) is 38.8 Å². The lowest BCUT2D eigenvalue weighted by molar-refractivity contribution is 0.243. The zero-order chi connectivity index (χ0) is 21.9. The number of ether oxygens (including phenoxy) is 2. The van der Waals surface area contributed by atoms with Gasteiger partial charge in [-0.2, -0.15) is 0 Å². The zero-order valence-corrected chi connectivity index (χ0v) is 18.8. The van der Waals surface area contributed by atoms with E-state index >= 15 is 0 Å². The van der Waals surface area contributed by atoms with Crippen LogP contribution in [0.4, 0.5) is 0 Å². The Kier molecular flexibility index (Phi) is 6.00. The molecule has 1 N–H and O–H groups in total. The van der Waals surface area contributed by atoms with Gasteiger partial charge in [0.2, 0.25) is 0 Å². The molecule has 0 unspecified atom stereocenters. The second kappa shape index (κ2) is 9.22. The maximum Gasteiger partial charge on any atom is 0.278 e. The Morgan fingerprint density at radius 2 is 2.00 bits per heavy atom. The first kappa shape index (κ1) is 20.8. The number of methoxy groups -OCH3 is 1. The van der Waals surface area contributed by atoms with Crippen molar-refractivity contribution in [2.24, 2.45) is 4.99 Å². The maximum atomic E-state index is 12.8. The van der Waals surface area contributed by atoms with Gasteiger partial charge in [0.15, 0.2) is 5.82 Å². The predicted octanol–water partition coefficient (Wildman–Crippen LogP) is 3.56. The number of aromatic nitrogens is 3. The average molecular weight is 452 g/mol. The summed E-state index contributed by atoms with van der Waals surface area (Å²) in [6, 6.07) is 7.42. The lowest BCUT2D eigenvalue weighted by Crippen LogP contribution is -2.36. The van der Waals surface area contributed by atoms with Gasteiger partial charge in [0.1, 0.15) is 11.5 Å². The summed E-state index contributed by atoms with van der Waals surface area (Å²) in [5, 5.41) is 0.597. The number of fused-ring (bicyclic) bond motifs is 1. The molecule has 0 saturated carbocycles. The van der Waals surface area contributed by atoms with Crippen molar-refractivity contribution in [3.8, 4) is 16.7 Å². The third-order valence-electron chi connectivity index (χ3n) is 5.72. The van der Waals surface area contributed by atoms with Gasteiger partial charge in [0, 0.05) is 43.7 Å². The zero-order valence-electron chi connectivity index (χ0n) is 18.0. The molecule has 2 aliphatic rings. The number of thiazole rings is 1. The van der Waals surface area contributed by atoms with E-state index in [4.69, 9.17) is 14.5 Å². The molecule has 0 bridgehead atoms. The Hall–Kier alpha value is -3.04. The van der Waals surface area contributed by atoms with Gasteiger partial charge in [0.05, 0.1) is 24.1 Å². The van der Waals surface area contributed by atoms with Gasteiger partial charge in [0.25, 0.3) is 10.8 Å². The van der Waals surface area contributed by atoms with E-state index in [1.165, 1.54) is 11.3 Å². The number of H-pyrrole nitrogens is 1. The number of rotatable bonds is 6. The number of hydrogen-bond donors (Lipinski definition) is 1. The Labute approximate surface area is 190 Å². The monoisotopic (exact) mass is 451 g/mol. The van der Waals surface area contributed by atoms with Crippen molar-refractivity contribution in [1.82, 2.24) is 19.9 Å². The highest BCUT2D eigenvalue weighted by Gasteiger charge is 2.23. The third-order valence-corrected chi connectivity index (χ3v) is 6.58. The molecule has 0 fully saturated rings. The van der Waals surface area contributed by atoms with Crippen LogP contribution >= 0.6 is 11.3 Å². The number of aliphatic imine (C=N–C) groups is 1. The van der Waals surface area contributed by atoms with Crippen molar-refractivity contribution in [3.05, 3.63) is 62.8 Å². The molecule has 0 radical (unpaired) electrons. The summed E-state index contributed by atoms with van der Waals surface area (Å²) in [5.41, 5.74) is 2.56. The van der Waals surface area contributed by atoms with Gasteiger partial charge >= 0.3 is 0 Å². The molecule has 32 heavy (non-hydrogen) atoms. The Bertz CT molecular complexity index is 1190. The second-order valence-electron chi connectivity index (χ2n) is 7.96. The summed E-state index contributed by atoms with van der Waals surface area (Å²) in [4.78, 5) is 32.8. The minimum Gasteiger partial charge on any atom is -0.497 e. The molecule has 8 nitrogen and oxygen atoms in total. The molecule has 0 saturated heterocycles. The Balaban J connectivity index is 1.24. The van der Waals surface area contributed by atoms with Crippen LogP contribution in [0.5, 0.6) is 16.7 Å². The summed E-state index contributed by atoms with van der Waals surface area (Å²) < 4.78 is 11.0. The second-order valence-corrected chi connectivity index (χ2v) is 9.03. The van der Waals surface area contributed by atoms with Gasteiger partial charge < -0.3 is 14.5 Å². The average Bonchev–Trinajstić information content (AvgIpc) is 3.27. The first-order valence-electron chi connectivity index (χ1n) is 10.8. The first-order chi connectivity index (χ1) is 15.7. The molecule has 5 rings (SSSR count). The van der Waals surface area contributed by atoms with Crippen LogP contribution in [0, 0.1) is 0 Å². The van der Waals surface area contributed by atoms with Crippen LogP contribution in [0.15, 0.2) is 40.2 Å². The smallest absolute Gasteiger partial charge is 0.278 e. The molecule has 0 atom stereocenters. The van der Waals surface area contributed by atoms with Crippen molar-refractivity contribution >= 4 is 17.0 Å². The highest BCUT2D eigenvalue weighted by molar-refractivity contribution is 7.13. The summed E-state index contributed by atoms with van der Waals surface area (Å²) >= 11 is 1.51. The minimum atomic E-state index is -0.0455. The fourth-order valence-corrected chi connectivity index (χ4v) is 4.84. The van der Waals surface area contributed by atoms with Crippen molar-refractivity contribution in [3.63, 3.8) is 0 Å². The first-order valence-corrected chi connectivity index (χ1v) is 11.6. The highest BCUT2D eigenvalue weighted by Crippen LogP contribution is 2.29. The lowest BCUT2D eigenvalue weighted by Gasteiger charge is -2.27. The highest BCUT2D eigenvalue weighted by atomic mass is 32.1. The van der Waals surface area contributed by atoms with Crippen LogP contribution in [0.1, 0.15) is 41.2 Å². The molecule has 0 spiro atoms. The Morgan fingerprint density at radius 1 is 1.16 bits per heavy atom. The van der Waals surface area contributed by atoms with E-state index in [0.29, 0.717) is 17.6 Å². The number of benzene rings is 1. The number of nitrogens with zero attached hydrogens (tertiary/aromatic N) is 4. The van der Waals surface area contributed by atoms with E-state index in [0.717, 1.165) is 78.7 Å². The number of hydrogen-bond acceptors (Lipinski definition) is 8. The van der Waals surface area contributed by atoms with Crippen LogP contribution in [0.25, 0.3) is 0 Å². The molecule has 4 heterocycles. The molecule has 3 aromatic rings. The van der Waals surface area contributed by atoms with E-state index < -0.39 is 0 Å². The Morgan fingerprint density at radius 3 is 2.78 bits per heavy atom. The van der Waals surface area contributed by atoms with Gasteiger partial charge in [-0.25, -0.2) is 9.97 Å². The predicted molar refractivity (Wildman–Crippen MR) is 123 cm³/mol. The third kappa shape index (κ3) is 4.58. The number of aromatic amines is 1. The molecule has 1 aromatic carbocycles. The summed E-state index contributed by atoms with van der Waals surface area (Å²) in [6.07, 6.45) is 5.70. The van der Waals surface area contributed by atoms with Crippen molar-refractivity contribution in [1.29, 1.82) is 0 Å². The van der Waals surface area contributed by atoms with Crippen LogP contribution in [-0.4, -0.2) is 45.8 Å². The van der Waals surface area contributed by atoms with E-state index in [1.807, 2.05) is 30.5 Å². The van der Waals surface area contributed by atoms with E-state index in [1.54, 1.807) is 7.11 Å².